The van der Waals surface area contributed by atoms with Gasteiger partial charge in [0.05, 0.1) is 14.2 Å². The Bertz CT molecular complexity index is 1110. The minimum Gasteiger partial charge on any atom is -0.497 e. The number of H-pyrrole nitrogens is 1. The van der Waals surface area contributed by atoms with Crippen molar-refractivity contribution in [3.63, 3.8) is 0 Å². The van der Waals surface area contributed by atoms with Crippen molar-refractivity contribution in [2.45, 2.75) is 31.1 Å². The Balaban J connectivity index is 1.63. The van der Waals surface area contributed by atoms with Gasteiger partial charge < -0.3 is 9.47 Å². The van der Waals surface area contributed by atoms with E-state index in [-0.39, 0.29) is 11.7 Å². The molecule has 5 rings (SSSR count). The number of aromatic amines is 1. The zero-order valence-electron chi connectivity index (χ0n) is 17.9. The van der Waals surface area contributed by atoms with Gasteiger partial charge in [-0.2, -0.15) is 5.10 Å². The molecule has 158 valence electrons. The van der Waals surface area contributed by atoms with Crippen LogP contribution >= 0.6 is 0 Å². The number of carbonyl (C=O) groups is 1. The Morgan fingerprint density at radius 3 is 2.23 bits per heavy atom. The van der Waals surface area contributed by atoms with E-state index in [0.717, 1.165) is 53.1 Å². The van der Waals surface area contributed by atoms with Gasteiger partial charge >= 0.3 is 0 Å². The second-order valence-electron chi connectivity index (χ2n) is 8.40. The van der Waals surface area contributed by atoms with Gasteiger partial charge in [0, 0.05) is 29.0 Å². The van der Waals surface area contributed by atoms with Gasteiger partial charge in [0.15, 0.2) is 5.78 Å². The van der Waals surface area contributed by atoms with Crippen molar-refractivity contribution in [1.29, 1.82) is 0 Å². The molecular weight excluding hydrogens is 388 g/mol. The lowest BCUT2D eigenvalue weighted by atomic mass is 9.68. The van der Waals surface area contributed by atoms with E-state index in [9.17, 15) is 4.79 Å². The molecule has 5 nitrogen and oxygen atoms in total. The van der Waals surface area contributed by atoms with Crippen LogP contribution in [0.2, 0.25) is 0 Å². The zero-order valence-corrected chi connectivity index (χ0v) is 17.9. The van der Waals surface area contributed by atoms with Crippen molar-refractivity contribution in [2.75, 3.05) is 14.2 Å². The van der Waals surface area contributed by atoms with Crippen LogP contribution in [0.4, 0.5) is 0 Å². The van der Waals surface area contributed by atoms with Crippen molar-refractivity contribution < 1.29 is 14.3 Å². The summed E-state index contributed by atoms with van der Waals surface area (Å²) >= 11 is 0. The summed E-state index contributed by atoms with van der Waals surface area (Å²) in [4.78, 5) is 12.9. The molecule has 0 spiro atoms. The molecule has 1 saturated carbocycles. The number of aromatic nitrogens is 2. The molecule has 0 atom stereocenters. The van der Waals surface area contributed by atoms with Gasteiger partial charge in [-0.1, -0.05) is 42.8 Å². The second kappa shape index (κ2) is 7.73. The van der Waals surface area contributed by atoms with Crippen molar-refractivity contribution in [2.24, 2.45) is 5.92 Å². The fourth-order valence-electron chi connectivity index (χ4n) is 4.68. The van der Waals surface area contributed by atoms with E-state index in [1.165, 1.54) is 0 Å². The number of carbonyl (C=O) groups excluding carboxylic acids is 1. The molecule has 0 aliphatic heterocycles. The van der Waals surface area contributed by atoms with Crippen LogP contribution in [0.5, 0.6) is 11.5 Å². The summed E-state index contributed by atoms with van der Waals surface area (Å²) in [6.45, 7) is 0. The number of nitrogens with one attached hydrogen (secondary N) is 1. The molecule has 2 aromatic carbocycles. The zero-order chi connectivity index (χ0) is 21.4. The quantitative estimate of drug-likeness (QED) is 0.579. The fraction of sp³-hybridized carbons (Fsp3) is 0.308. The number of ketones is 1. The lowest BCUT2D eigenvalue weighted by Crippen LogP contribution is -2.31. The Morgan fingerprint density at radius 2 is 1.68 bits per heavy atom. The van der Waals surface area contributed by atoms with E-state index in [1.54, 1.807) is 14.2 Å². The van der Waals surface area contributed by atoms with Crippen LogP contribution < -0.4 is 9.47 Å². The number of nitrogens with zero attached hydrogens (tertiary/aromatic N) is 1. The molecule has 5 heteroatoms. The summed E-state index contributed by atoms with van der Waals surface area (Å²) in [7, 11) is 3.36. The van der Waals surface area contributed by atoms with Crippen molar-refractivity contribution in [1.82, 2.24) is 10.2 Å². The maximum atomic E-state index is 12.9. The standard InChI is InChI=1S/C26H26N2O3/c1-30-20-10-4-8-18(14-20)26(19-9-5-11-21(15-19)31-2)13-12-22-23(16-26)27-28-24(22)25(29)17-6-3-7-17/h4-5,8-15,17H,3,6-7,16H2,1-2H3,(H,27,28). The number of hydrogen-bond donors (Lipinski definition) is 1. The smallest absolute Gasteiger partial charge is 0.186 e. The van der Waals surface area contributed by atoms with Crippen LogP contribution in [0.25, 0.3) is 6.08 Å². The van der Waals surface area contributed by atoms with Crippen LogP contribution in [0.3, 0.4) is 0 Å². The molecule has 2 aliphatic carbocycles. The maximum Gasteiger partial charge on any atom is 0.186 e. The number of allylic oxidation sites excluding steroid dienone is 1. The molecule has 2 aliphatic rings. The van der Waals surface area contributed by atoms with Crippen LogP contribution in [-0.4, -0.2) is 30.2 Å². The highest BCUT2D eigenvalue weighted by Crippen LogP contribution is 2.44. The topological polar surface area (TPSA) is 64.2 Å². The molecule has 1 N–H and O–H groups in total. The predicted molar refractivity (Wildman–Crippen MR) is 120 cm³/mol. The van der Waals surface area contributed by atoms with E-state index in [2.05, 4.69) is 46.6 Å². The van der Waals surface area contributed by atoms with Crippen LogP contribution in [0, 0.1) is 5.92 Å². The third kappa shape index (κ3) is 3.25. The van der Waals surface area contributed by atoms with Crippen molar-refractivity contribution in [3.8, 4) is 11.5 Å². The number of methoxy groups -OCH3 is 2. The molecule has 1 aromatic heterocycles. The molecule has 1 fully saturated rings. The van der Waals surface area contributed by atoms with Crippen molar-refractivity contribution in [3.05, 3.63) is 82.7 Å². The molecule has 0 radical (unpaired) electrons. The van der Waals surface area contributed by atoms with Gasteiger partial charge in [-0.15, -0.1) is 0 Å². The largest absolute Gasteiger partial charge is 0.497 e. The Kier molecular flexibility index (Phi) is 4.89. The summed E-state index contributed by atoms with van der Waals surface area (Å²) in [5.74, 6) is 1.92. The van der Waals surface area contributed by atoms with E-state index < -0.39 is 5.41 Å². The molecule has 0 saturated heterocycles. The second-order valence-corrected chi connectivity index (χ2v) is 8.40. The highest BCUT2D eigenvalue weighted by molar-refractivity contribution is 6.00. The minimum absolute atomic E-state index is 0.129. The predicted octanol–water partition coefficient (Wildman–Crippen LogP) is 4.97. The first-order valence-electron chi connectivity index (χ1n) is 10.7. The van der Waals surface area contributed by atoms with Gasteiger partial charge in [-0.05, 0) is 48.2 Å². The normalized spacial score (nSPS) is 17.0. The van der Waals surface area contributed by atoms with E-state index >= 15 is 0 Å². The van der Waals surface area contributed by atoms with Gasteiger partial charge in [0.1, 0.15) is 17.2 Å². The lowest BCUT2D eigenvalue weighted by molar-refractivity contribution is 0.0849. The van der Waals surface area contributed by atoms with Gasteiger partial charge in [0.2, 0.25) is 0 Å². The van der Waals surface area contributed by atoms with Crippen LogP contribution in [0.1, 0.15) is 52.1 Å². The highest BCUT2D eigenvalue weighted by atomic mass is 16.5. The number of fused-ring (bicyclic) bond motifs is 1. The number of Topliss-reactive ketones (excluding diaryl/α,β-unsaturated/α-hetero) is 1. The van der Waals surface area contributed by atoms with Crippen LogP contribution in [-0.2, 0) is 11.8 Å². The van der Waals surface area contributed by atoms with Gasteiger partial charge in [-0.3, -0.25) is 9.89 Å². The average Bonchev–Trinajstić information content (AvgIpc) is 3.21. The fourth-order valence-corrected chi connectivity index (χ4v) is 4.68. The first-order valence-corrected chi connectivity index (χ1v) is 10.7. The average molecular weight is 415 g/mol. The van der Waals surface area contributed by atoms with Gasteiger partial charge in [0.25, 0.3) is 0 Å². The lowest BCUT2D eigenvalue weighted by Gasteiger charge is -2.35. The maximum absolute atomic E-state index is 12.9. The third-order valence-electron chi connectivity index (χ3n) is 6.75. The number of hydrogen-bond acceptors (Lipinski definition) is 4. The molecule has 3 aromatic rings. The Hall–Kier alpha value is -3.34. The molecule has 1 heterocycles. The Labute approximate surface area is 182 Å². The van der Waals surface area contributed by atoms with E-state index in [4.69, 9.17) is 9.47 Å². The number of ether oxygens (including phenoxy) is 2. The summed E-state index contributed by atoms with van der Waals surface area (Å²) in [6.07, 6.45) is 8.01. The first-order chi connectivity index (χ1) is 15.1. The van der Waals surface area contributed by atoms with Crippen LogP contribution in [0.15, 0.2) is 54.6 Å². The SMILES string of the molecule is COc1cccc(C2(c3cccc(OC)c3)C=Cc3c(C(=O)C4CCC4)n[nH]c3C2)c1. The minimum atomic E-state index is -0.431. The molecule has 0 unspecified atom stereocenters. The van der Waals surface area contributed by atoms with E-state index in [1.807, 2.05) is 24.3 Å². The molecule has 0 amide bonds. The molecule has 31 heavy (non-hydrogen) atoms. The Morgan fingerprint density at radius 1 is 1.03 bits per heavy atom. The summed E-state index contributed by atoms with van der Waals surface area (Å²) in [5, 5.41) is 7.62. The number of benzene rings is 2. The van der Waals surface area contributed by atoms with Crippen molar-refractivity contribution >= 4 is 11.9 Å². The molecular formula is C26H26N2O3. The summed E-state index contributed by atoms with van der Waals surface area (Å²) in [5.41, 5.74) is 4.29. The third-order valence-corrected chi connectivity index (χ3v) is 6.75. The van der Waals surface area contributed by atoms with Gasteiger partial charge in [-0.25, -0.2) is 0 Å². The summed E-state index contributed by atoms with van der Waals surface area (Å²) < 4.78 is 11.0. The highest BCUT2D eigenvalue weighted by Gasteiger charge is 2.39. The molecule has 0 bridgehead atoms. The number of rotatable bonds is 6. The first kappa shape index (κ1) is 19.6. The monoisotopic (exact) mass is 414 g/mol. The van der Waals surface area contributed by atoms with E-state index in [0.29, 0.717) is 12.1 Å². The summed E-state index contributed by atoms with van der Waals surface area (Å²) in [6, 6.07) is 16.3.